The third-order valence-electron chi connectivity index (χ3n) is 4.02. The molecular weight excluding hydrogens is 335 g/mol. The summed E-state index contributed by atoms with van der Waals surface area (Å²) in [5, 5.41) is 18.6. The SMILES string of the molecule is C[C@H](O)c1cccc2c1C(F)(F)C(=O)N2Cc1cc(C#N)ncc1F. The molecule has 2 heterocycles. The van der Waals surface area contributed by atoms with Crippen molar-refractivity contribution < 1.29 is 23.1 Å². The maximum absolute atomic E-state index is 14.5. The Bertz CT molecular complexity index is 906. The molecule has 1 aromatic heterocycles. The minimum absolute atomic E-state index is 0.0636. The minimum atomic E-state index is -3.83. The summed E-state index contributed by atoms with van der Waals surface area (Å²) >= 11 is 0. The molecule has 3 rings (SSSR count). The number of anilines is 1. The molecule has 1 aromatic carbocycles. The van der Waals surface area contributed by atoms with Gasteiger partial charge in [-0.25, -0.2) is 9.37 Å². The highest BCUT2D eigenvalue weighted by molar-refractivity contribution is 6.06. The van der Waals surface area contributed by atoms with Crippen molar-refractivity contribution in [2.24, 2.45) is 0 Å². The van der Waals surface area contributed by atoms with Gasteiger partial charge in [0, 0.05) is 5.56 Å². The van der Waals surface area contributed by atoms with Crippen LogP contribution in [0.5, 0.6) is 0 Å². The van der Waals surface area contributed by atoms with Crippen LogP contribution < -0.4 is 4.90 Å². The fraction of sp³-hybridized carbons (Fsp3) is 0.235. The molecule has 128 valence electrons. The monoisotopic (exact) mass is 347 g/mol. The predicted molar refractivity (Wildman–Crippen MR) is 81.1 cm³/mol. The smallest absolute Gasteiger partial charge is 0.352 e. The number of aliphatic hydroxyl groups is 1. The second-order valence-electron chi connectivity index (χ2n) is 5.66. The van der Waals surface area contributed by atoms with E-state index in [0.717, 1.165) is 17.2 Å². The Balaban J connectivity index is 2.11. The van der Waals surface area contributed by atoms with Crippen molar-refractivity contribution in [3.05, 3.63) is 58.7 Å². The lowest BCUT2D eigenvalue weighted by molar-refractivity contribution is -0.141. The quantitative estimate of drug-likeness (QED) is 0.926. The van der Waals surface area contributed by atoms with Gasteiger partial charge < -0.3 is 10.0 Å². The summed E-state index contributed by atoms with van der Waals surface area (Å²) < 4.78 is 42.9. The average molecular weight is 347 g/mol. The Kier molecular flexibility index (Phi) is 3.97. The van der Waals surface area contributed by atoms with Crippen molar-refractivity contribution in [3.63, 3.8) is 0 Å². The topological polar surface area (TPSA) is 77.2 Å². The Morgan fingerprint density at radius 3 is 2.80 bits per heavy atom. The molecule has 0 unspecified atom stereocenters. The largest absolute Gasteiger partial charge is 0.389 e. The number of aliphatic hydroxyl groups excluding tert-OH is 1. The Hall–Kier alpha value is -2.92. The van der Waals surface area contributed by atoms with E-state index < -0.39 is 35.9 Å². The summed E-state index contributed by atoms with van der Waals surface area (Å²) in [5.74, 6) is -6.15. The molecule has 25 heavy (non-hydrogen) atoms. The van der Waals surface area contributed by atoms with Crippen LogP contribution in [0.3, 0.4) is 0 Å². The number of rotatable bonds is 3. The fourth-order valence-electron chi connectivity index (χ4n) is 2.85. The number of benzene rings is 1. The van der Waals surface area contributed by atoms with Crippen molar-refractivity contribution >= 4 is 11.6 Å². The molecule has 0 bridgehead atoms. The number of hydrogen-bond acceptors (Lipinski definition) is 4. The number of carbonyl (C=O) groups excluding carboxylic acids is 1. The maximum Gasteiger partial charge on any atom is 0.352 e. The number of nitriles is 1. The molecule has 0 spiro atoms. The van der Waals surface area contributed by atoms with Gasteiger partial charge in [0.1, 0.15) is 17.6 Å². The normalized spacial score (nSPS) is 16.5. The van der Waals surface area contributed by atoms with Gasteiger partial charge in [-0.2, -0.15) is 14.0 Å². The van der Waals surface area contributed by atoms with Crippen LogP contribution in [0.2, 0.25) is 0 Å². The van der Waals surface area contributed by atoms with Gasteiger partial charge in [-0.15, -0.1) is 0 Å². The van der Waals surface area contributed by atoms with Crippen molar-refractivity contribution in [2.75, 3.05) is 4.90 Å². The molecule has 1 aliphatic heterocycles. The van der Waals surface area contributed by atoms with Crippen LogP contribution in [-0.4, -0.2) is 16.0 Å². The molecule has 0 radical (unpaired) electrons. The molecule has 5 nitrogen and oxygen atoms in total. The van der Waals surface area contributed by atoms with E-state index in [1.165, 1.54) is 25.1 Å². The molecule has 1 aliphatic rings. The second kappa shape index (κ2) is 5.86. The predicted octanol–water partition coefficient (Wildman–Crippen LogP) is 2.78. The molecule has 2 aromatic rings. The number of alkyl halides is 2. The van der Waals surface area contributed by atoms with Gasteiger partial charge in [-0.1, -0.05) is 12.1 Å². The third-order valence-corrected chi connectivity index (χ3v) is 4.02. The van der Waals surface area contributed by atoms with Crippen molar-refractivity contribution in [3.8, 4) is 6.07 Å². The van der Waals surface area contributed by atoms with Gasteiger partial charge in [0.2, 0.25) is 0 Å². The Morgan fingerprint density at radius 1 is 1.44 bits per heavy atom. The van der Waals surface area contributed by atoms with E-state index in [-0.39, 0.29) is 22.5 Å². The van der Waals surface area contributed by atoms with Crippen LogP contribution in [0.25, 0.3) is 0 Å². The van der Waals surface area contributed by atoms with Crippen molar-refractivity contribution in [1.29, 1.82) is 5.26 Å². The molecule has 0 fully saturated rings. The van der Waals surface area contributed by atoms with Crippen LogP contribution in [-0.2, 0) is 17.3 Å². The summed E-state index contributed by atoms with van der Waals surface area (Å²) in [5.41, 5.74) is -0.932. The molecule has 1 amide bonds. The molecule has 8 heteroatoms. The first-order valence-electron chi connectivity index (χ1n) is 7.33. The lowest BCUT2D eigenvalue weighted by atomic mass is 9.98. The molecule has 0 saturated carbocycles. The maximum atomic E-state index is 14.5. The first-order chi connectivity index (χ1) is 11.8. The summed E-state index contributed by atoms with van der Waals surface area (Å²) in [6.07, 6.45) is -0.392. The zero-order valence-electron chi connectivity index (χ0n) is 13.0. The van der Waals surface area contributed by atoms with E-state index in [0.29, 0.717) is 0 Å². The van der Waals surface area contributed by atoms with Crippen LogP contribution in [0.4, 0.5) is 18.9 Å². The first kappa shape index (κ1) is 16.9. The van der Waals surface area contributed by atoms with E-state index in [1.54, 1.807) is 6.07 Å². The zero-order chi connectivity index (χ0) is 18.4. The van der Waals surface area contributed by atoms with Crippen LogP contribution in [0.15, 0.2) is 30.5 Å². The Morgan fingerprint density at radius 2 is 2.16 bits per heavy atom. The van der Waals surface area contributed by atoms with E-state index in [2.05, 4.69) is 4.98 Å². The molecule has 0 aliphatic carbocycles. The second-order valence-corrected chi connectivity index (χ2v) is 5.66. The van der Waals surface area contributed by atoms with E-state index in [4.69, 9.17) is 5.26 Å². The third kappa shape index (κ3) is 2.62. The number of pyridine rings is 1. The van der Waals surface area contributed by atoms with Crippen molar-refractivity contribution in [1.82, 2.24) is 4.98 Å². The van der Waals surface area contributed by atoms with Gasteiger partial charge >= 0.3 is 11.8 Å². The number of amides is 1. The Labute approximate surface area is 140 Å². The van der Waals surface area contributed by atoms with E-state index in [9.17, 15) is 23.1 Å². The van der Waals surface area contributed by atoms with Gasteiger partial charge in [-0.05, 0) is 24.6 Å². The number of carbonyl (C=O) groups is 1. The highest BCUT2D eigenvalue weighted by Gasteiger charge is 2.54. The van der Waals surface area contributed by atoms with E-state index in [1.807, 2.05) is 0 Å². The minimum Gasteiger partial charge on any atom is -0.389 e. The fourth-order valence-corrected chi connectivity index (χ4v) is 2.85. The number of hydrogen-bond donors (Lipinski definition) is 1. The van der Waals surface area contributed by atoms with Crippen LogP contribution in [0.1, 0.15) is 35.4 Å². The first-order valence-corrected chi connectivity index (χ1v) is 7.33. The van der Waals surface area contributed by atoms with Gasteiger partial charge in [0.05, 0.1) is 30.1 Å². The zero-order valence-corrected chi connectivity index (χ0v) is 13.0. The van der Waals surface area contributed by atoms with E-state index >= 15 is 0 Å². The molecule has 1 atom stereocenters. The van der Waals surface area contributed by atoms with Gasteiger partial charge in [-0.3, -0.25) is 4.79 Å². The molecular formula is C17H12F3N3O2. The number of nitrogens with zero attached hydrogens (tertiary/aromatic N) is 3. The standard InChI is InChI=1S/C17H12F3N3O2/c1-9(24)12-3-2-4-14-15(12)17(19,20)16(25)23(14)8-10-5-11(6-21)22-7-13(10)18/h2-5,7,9,24H,8H2,1H3/t9-/m0/s1. The highest BCUT2D eigenvalue weighted by atomic mass is 19.3. The average Bonchev–Trinajstić information content (AvgIpc) is 2.77. The highest BCUT2D eigenvalue weighted by Crippen LogP contribution is 2.47. The number of fused-ring (bicyclic) bond motifs is 1. The van der Waals surface area contributed by atoms with Gasteiger partial charge in [0.25, 0.3) is 0 Å². The summed E-state index contributed by atoms with van der Waals surface area (Å²) in [6.45, 7) is 0.842. The lowest BCUT2D eigenvalue weighted by Gasteiger charge is -2.18. The van der Waals surface area contributed by atoms with Crippen LogP contribution in [0, 0.1) is 17.1 Å². The van der Waals surface area contributed by atoms with Crippen LogP contribution >= 0.6 is 0 Å². The summed E-state index contributed by atoms with van der Waals surface area (Å²) in [7, 11) is 0. The number of aromatic nitrogens is 1. The molecule has 1 N–H and O–H groups in total. The lowest BCUT2D eigenvalue weighted by Crippen LogP contribution is -2.34. The molecule has 0 saturated heterocycles. The van der Waals surface area contributed by atoms with Crippen molar-refractivity contribution in [2.45, 2.75) is 25.5 Å². The summed E-state index contributed by atoms with van der Waals surface area (Å²) in [6, 6.07) is 6.90. The van der Waals surface area contributed by atoms with Gasteiger partial charge in [0.15, 0.2) is 0 Å². The summed E-state index contributed by atoms with van der Waals surface area (Å²) in [4.78, 5) is 16.5. The number of halogens is 3.